The number of hydrogen-bond donors (Lipinski definition) is 4. The Morgan fingerprint density at radius 3 is 2.15 bits per heavy atom. The molecule has 0 saturated heterocycles. The van der Waals surface area contributed by atoms with E-state index in [9.17, 15) is 14.4 Å². The molecule has 9 nitrogen and oxygen atoms in total. The molecular weight excluding hydrogens is 456 g/mol. The van der Waals surface area contributed by atoms with E-state index in [2.05, 4.69) is 17.6 Å². The molecule has 0 unspecified atom stereocenters. The summed E-state index contributed by atoms with van der Waals surface area (Å²) in [5, 5.41) is 5.61. The highest BCUT2D eigenvalue weighted by Gasteiger charge is 2.13. The predicted octanol–water partition coefficient (Wildman–Crippen LogP) is 2.62. The lowest BCUT2D eigenvalue weighted by molar-refractivity contribution is 0.0468. The fourth-order valence-electron chi connectivity index (χ4n) is 2.99. The van der Waals surface area contributed by atoms with Gasteiger partial charge in [0.1, 0.15) is 0 Å². The number of nitrogens with two attached hydrogens (primary N) is 1. The van der Waals surface area contributed by atoms with Gasteiger partial charge < -0.3 is 20.1 Å². The Morgan fingerprint density at radius 1 is 0.794 bits per heavy atom. The lowest BCUT2D eigenvalue weighted by Crippen LogP contribution is -2.29. The van der Waals surface area contributed by atoms with Gasteiger partial charge in [0.2, 0.25) is 0 Å². The molecular formula is C24H34N4O5S. The first-order valence-corrected chi connectivity index (χ1v) is 12.3. The summed E-state index contributed by atoms with van der Waals surface area (Å²) in [5.41, 5.74) is 3.41. The number of ether oxygens (including phenoxy) is 2. The monoisotopic (exact) mass is 490 g/mol. The number of carbonyl (C=O) groups is 3. The van der Waals surface area contributed by atoms with E-state index in [4.69, 9.17) is 15.3 Å². The molecule has 2 rings (SSSR count). The van der Waals surface area contributed by atoms with Gasteiger partial charge in [0, 0.05) is 25.3 Å². The van der Waals surface area contributed by atoms with Crippen molar-refractivity contribution in [1.29, 1.82) is 0 Å². The zero-order valence-electron chi connectivity index (χ0n) is 19.6. The van der Waals surface area contributed by atoms with Gasteiger partial charge in [-0.25, -0.2) is 5.84 Å². The minimum Gasteiger partial charge on any atom is -0.379 e. The smallest absolute Gasteiger partial charge is 0.275 e. The molecule has 3 amide bonds. The average Bonchev–Trinajstić information content (AvgIpc) is 3.36. The molecule has 1 aromatic heterocycles. The molecule has 0 spiro atoms. The molecule has 1 aromatic carbocycles. The van der Waals surface area contributed by atoms with Crippen LogP contribution in [0.1, 0.15) is 67.9 Å². The second kappa shape index (κ2) is 15.9. The fourth-order valence-corrected chi connectivity index (χ4v) is 3.81. The fraction of sp³-hybridized carbons (Fsp3) is 0.458. The van der Waals surface area contributed by atoms with Gasteiger partial charge in [-0.3, -0.25) is 19.8 Å². The van der Waals surface area contributed by atoms with Crippen molar-refractivity contribution in [2.45, 2.75) is 39.2 Å². The van der Waals surface area contributed by atoms with Crippen molar-refractivity contribution < 1.29 is 23.9 Å². The van der Waals surface area contributed by atoms with E-state index in [1.807, 2.05) is 5.43 Å². The summed E-state index contributed by atoms with van der Waals surface area (Å²) < 4.78 is 11.0. The normalized spacial score (nSPS) is 10.6. The molecule has 2 aromatic rings. The second-order valence-electron chi connectivity index (χ2n) is 7.56. The molecule has 5 N–H and O–H groups in total. The Labute approximate surface area is 204 Å². The van der Waals surface area contributed by atoms with Gasteiger partial charge in [0.05, 0.1) is 29.6 Å². The maximum Gasteiger partial charge on any atom is 0.275 e. The van der Waals surface area contributed by atoms with E-state index >= 15 is 0 Å². The summed E-state index contributed by atoms with van der Waals surface area (Å²) in [7, 11) is 0. The van der Waals surface area contributed by atoms with Crippen LogP contribution in [0.5, 0.6) is 0 Å². The number of unbranched alkanes of at least 4 members (excludes halogenated alkanes) is 3. The van der Waals surface area contributed by atoms with E-state index < -0.39 is 5.91 Å². The van der Waals surface area contributed by atoms with Gasteiger partial charge in [-0.15, -0.1) is 11.3 Å². The van der Waals surface area contributed by atoms with E-state index in [0.29, 0.717) is 48.2 Å². The van der Waals surface area contributed by atoms with Crippen LogP contribution in [0.2, 0.25) is 0 Å². The number of nitrogen functional groups attached to an aromatic ring is 1. The molecule has 0 aliphatic rings. The first-order chi connectivity index (χ1) is 16.5. The molecule has 0 fully saturated rings. The quantitative estimate of drug-likeness (QED) is 0.124. The number of thiophene rings is 1. The van der Waals surface area contributed by atoms with Crippen molar-refractivity contribution in [3.05, 3.63) is 57.3 Å². The number of amides is 3. The Kier molecular flexibility index (Phi) is 12.9. The van der Waals surface area contributed by atoms with Crippen molar-refractivity contribution in [1.82, 2.24) is 16.1 Å². The average molecular weight is 491 g/mol. The first kappa shape index (κ1) is 27.5. The van der Waals surface area contributed by atoms with Crippen LogP contribution < -0.4 is 21.9 Å². The van der Waals surface area contributed by atoms with Gasteiger partial charge in [-0.05, 0) is 36.2 Å². The molecule has 0 aliphatic carbocycles. The molecule has 34 heavy (non-hydrogen) atoms. The zero-order valence-corrected chi connectivity index (χ0v) is 20.4. The van der Waals surface area contributed by atoms with Crippen LogP contribution in [-0.4, -0.2) is 50.7 Å². The van der Waals surface area contributed by atoms with Crippen LogP contribution >= 0.6 is 11.3 Å². The van der Waals surface area contributed by atoms with Gasteiger partial charge in [-0.2, -0.15) is 0 Å². The molecule has 10 heteroatoms. The van der Waals surface area contributed by atoms with Gasteiger partial charge in [0.25, 0.3) is 17.7 Å². The van der Waals surface area contributed by atoms with Gasteiger partial charge >= 0.3 is 0 Å². The minimum absolute atomic E-state index is 0.185. The molecule has 0 saturated carbocycles. The van der Waals surface area contributed by atoms with Crippen LogP contribution in [0.3, 0.4) is 0 Å². The van der Waals surface area contributed by atoms with Crippen molar-refractivity contribution in [3.8, 4) is 0 Å². The van der Waals surface area contributed by atoms with Crippen LogP contribution in [0.25, 0.3) is 0 Å². The predicted molar refractivity (Wildman–Crippen MR) is 132 cm³/mol. The van der Waals surface area contributed by atoms with Crippen LogP contribution in [0, 0.1) is 0 Å². The Morgan fingerprint density at radius 2 is 1.47 bits per heavy atom. The maximum atomic E-state index is 12.3. The summed E-state index contributed by atoms with van der Waals surface area (Å²) in [4.78, 5) is 36.8. The third-order valence-corrected chi connectivity index (χ3v) is 5.98. The Bertz CT molecular complexity index is 901. The maximum absolute atomic E-state index is 12.3. The lowest BCUT2D eigenvalue weighted by atomic mass is 10.1. The highest BCUT2D eigenvalue weighted by Crippen LogP contribution is 2.16. The minimum atomic E-state index is -0.438. The SMILES string of the molecule is CCCCCCOCCOCCNC(=O)c1ccc(CNC(=O)c2ccc(C(=O)NN)s2)cc1. The van der Waals surface area contributed by atoms with Crippen molar-refractivity contribution in [2.24, 2.45) is 5.84 Å². The van der Waals surface area contributed by atoms with Crippen molar-refractivity contribution in [3.63, 3.8) is 0 Å². The third-order valence-electron chi connectivity index (χ3n) is 4.90. The van der Waals surface area contributed by atoms with E-state index in [-0.39, 0.29) is 11.8 Å². The summed E-state index contributed by atoms with van der Waals surface area (Å²) in [6.45, 7) is 5.16. The van der Waals surface area contributed by atoms with Crippen LogP contribution in [-0.2, 0) is 16.0 Å². The standard InChI is InChI=1S/C24H34N4O5S/c1-2-3-4-5-13-32-15-16-33-14-12-26-22(29)19-8-6-18(7-9-19)17-27-23(30)20-10-11-21(34-20)24(31)28-25/h6-11H,2-5,12-17,25H2,1H3,(H,26,29)(H,27,30)(H,28,31). The zero-order chi connectivity index (χ0) is 24.6. The Hall–Kier alpha value is -2.79. The topological polar surface area (TPSA) is 132 Å². The molecule has 186 valence electrons. The molecule has 0 radical (unpaired) electrons. The van der Waals surface area contributed by atoms with Crippen molar-refractivity contribution >= 4 is 29.1 Å². The van der Waals surface area contributed by atoms with E-state index in [1.54, 1.807) is 36.4 Å². The van der Waals surface area contributed by atoms with E-state index in [0.717, 1.165) is 29.9 Å². The van der Waals surface area contributed by atoms with E-state index in [1.165, 1.54) is 19.3 Å². The Balaban J connectivity index is 1.60. The third kappa shape index (κ3) is 10.0. The summed E-state index contributed by atoms with van der Waals surface area (Å²) >= 11 is 1.06. The van der Waals surface area contributed by atoms with Gasteiger partial charge in [0.15, 0.2) is 0 Å². The first-order valence-electron chi connectivity index (χ1n) is 11.5. The highest BCUT2D eigenvalue weighted by atomic mass is 32.1. The van der Waals surface area contributed by atoms with Crippen LogP contribution in [0.4, 0.5) is 0 Å². The number of rotatable bonds is 16. The molecule has 0 aliphatic heterocycles. The summed E-state index contributed by atoms with van der Waals surface area (Å²) in [5.74, 6) is 4.19. The number of hydrogen-bond acceptors (Lipinski definition) is 7. The number of nitrogens with one attached hydrogen (secondary N) is 3. The lowest BCUT2D eigenvalue weighted by Gasteiger charge is -2.08. The van der Waals surface area contributed by atoms with Crippen LogP contribution in [0.15, 0.2) is 36.4 Å². The molecule has 0 atom stereocenters. The summed E-state index contributed by atoms with van der Waals surface area (Å²) in [6, 6.07) is 10.1. The second-order valence-corrected chi connectivity index (χ2v) is 8.64. The number of carbonyl (C=O) groups excluding carboxylic acids is 3. The molecule has 0 bridgehead atoms. The number of benzene rings is 1. The number of hydrazine groups is 1. The van der Waals surface area contributed by atoms with Gasteiger partial charge in [-0.1, -0.05) is 38.3 Å². The summed E-state index contributed by atoms with van der Waals surface area (Å²) in [6.07, 6.45) is 4.74. The van der Waals surface area contributed by atoms with Crippen molar-refractivity contribution in [2.75, 3.05) is 33.0 Å². The molecule has 1 heterocycles. The largest absolute Gasteiger partial charge is 0.379 e. The highest BCUT2D eigenvalue weighted by molar-refractivity contribution is 7.15.